The molecule has 2 aromatic carbocycles. The maximum absolute atomic E-state index is 13.0. The summed E-state index contributed by atoms with van der Waals surface area (Å²) in [6.45, 7) is 14.7. The normalized spacial score (nSPS) is 16.4. The number of β-amino-alcohol motifs (C(OH)–C–C–N with tert-alkyl or cyclic N) is 1. The van der Waals surface area contributed by atoms with Gasteiger partial charge in [0.2, 0.25) is 10.0 Å². The highest BCUT2D eigenvalue weighted by atomic mass is 32.2. The van der Waals surface area contributed by atoms with Gasteiger partial charge in [0.25, 0.3) is 0 Å². The second-order valence-corrected chi connectivity index (χ2v) is 12.9. The number of piperazine rings is 1. The zero-order valence-electron chi connectivity index (χ0n) is 22.4. The Hall–Kier alpha value is -2.08. The predicted octanol–water partition coefficient (Wildman–Crippen LogP) is 3.17. The topological polar surface area (TPSA) is 95.0 Å². The van der Waals surface area contributed by atoms with Gasteiger partial charge in [0.15, 0.2) is 0 Å². The lowest BCUT2D eigenvalue weighted by Crippen LogP contribution is -2.50. The van der Waals surface area contributed by atoms with E-state index in [9.17, 15) is 13.5 Å². The van der Waals surface area contributed by atoms with Crippen LogP contribution < -0.4 is 9.46 Å². The SMILES string of the molecule is Cc1nc2cc(OCC(O)CN3CCN(CCNS(=O)(=O)c4c(C)c(C)cc(C)c4C)CC3)ccc2s1. The van der Waals surface area contributed by atoms with E-state index in [2.05, 4.69) is 19.5 Å². The Balaban J connectivity index is 1.19. The fraction of sp³-hybridized carbons (Fsp3) is 0.519. The molecule has 1 aromatic heterocycles. The molecule has 0 aliphatic carbocycles. The number of benzene rings is 2. The maximum atomic E-state index is 13.0. The number of nitrogens with one attached hydrogen (secondary N) is 1. The van der Waals surface area contributed by atoms with Crippen molar-refractivity contribution in [3.05, 3.63) is 51.5 Å². The van der Waals surface area contributed by atoms with E-state index < -0.39 is 16.1 Å². The third-order valence-corrected chi connectivity index (χ3v) is 9.81. The van der Waals surface area contributed by atoms with Gasteiger partial charge >= 0.3 is 0 Å². The van der Waals surface area contributed by atoms with Gasteiger partial charge in [-0.3, -0.25) is 9.80 Å². The van der Waals surface area contributed by atoms with Crippen LogP contribution in [0.3, 0.4) is 0 Å². The molecule has 1 atom stereocenters. The highest BCUT2D eigenvalue weighted by Crippen LogP contribution is 2.26. The van der Waals surface area contributed by atoms with Crippen molar-refractivity contribution in [3.8, 4) is 5.75 Å². The number of sulfonamides is 1. The van der Waals surface area contributed by atoms with Crippen molar-refractivity contribution < 1.29 is 18.3 Å². The Labute approximate surface area is 224 Å². The number of aliphatic hydroxyl groups excluding tert-OH is 1. The monoisotopic (exact) mass is 546 g/mol. The van der Waals surface area contributed by atoms with E-state index in [0.29, 0.717) is 24.5 Å². The van der Waals surface area contributed by atoms with Crippen molar-refractivity contribution >= 4 is 31.6 Å². The van der Waals surface area contributed by atoms with E-state index in [4.69, 9.17) is 4.74 Å². The van der Waals surface area contributed by atoms with Crippen LogP contribution in [-0.4, -0.2) is 86.8 Å². The largest absolute Gasteiger partial charge is 0.491 e. The first-order valence-corrected chi connectivity index (χ1v) is 15.0. The lowest BCUT2D eigenvalue weighted by Gasteiger charge is -2.35. The number of rotatable bonds is 10. The second kappa shape index (κ2) is 11.8. The molecule has 1 aliphatic rings. The Morgan fingerprint density at radius 1 is 1.03 bits per heavy atom. The van der Waals surface area contributed by atoms with Gasteiger partial charge in [-0.15, -0.1) is 11.3 Å². The zero-order valence-corrected chi connectivity index (χ0v) is 24.0. The molecular weight excluding hydrogens is 508 g/mol. The summed E-state index contributed by atoms with van der Waals surface area (Å²) in [6.07, 6.45) is -0.588. The number of aryl methyl sites for hydroxylation is 3. The Morgan fingerprint density at radius 3 is 2.35 bits per heavy atom. The zero-order chi connectivity index (χ0) is 26.7. The molecule has 1 aliphatic heterocycles. The van der Waals surface area contributed by atoms with Gasteiger partial charge in [-0.2, -0.15) is 0 Å². The van der Waals surface area contributed by atoms with Crippen molar-refractivity contribution in [2.75, 3.05) is 52.4 Å². The van der Waals surface area contributed by atoms with Crippen LogP contribution in [0.2, 0.25) is 0 Å². The standard InChI is InChI=1S/C27H38N4O4S2/c1-18-14-19(2)21(4)27(20(18)3)37(33,34)28-8-9-30-10-12-31(13-11-30)16-23(32)17-35-24-6-7-26-25(15-24)29-22(5)36-26/h6-7,14-15,23,28,32H,8-13,16-17H2,1-5H3. The molecule has 0 amide bonds. The first-order chi connectivity index (χ1) is 17.5. The minimum Gasteiger partial charge on any atom is -0.491 e. The van der Waals surface area contributed by atoms with E-state index in [1.165, 1.54) is 0 Å². The number of aliphatic hydroxyl groups is 1. The second-order valence-electron chi connectivity index (χ2n) is 9.96. The number of thiazole rings is 1. The van der Waals surface area contributed by atoms with Crippen LogP contribution in [0.25, 0.3) is 10.2 Å². The third-order valence-electron chi connectivity index (χ3n) is 7.13. The lowest BCUT2D eigenvalue weighted by atomic mass is 10.0. The minimum atomic E-state index is -3.57. The molecule has 0 saturated carbocycles. The average molecular weight is 547 g/mol. The Morgan fingerprint density at radius 2 is 1.68 bits per heavy atom. The number of hydrogen-bond acceptors (Lipinski definition) is 8. The van der Waals surface area contributed by atoms with Crippen LogP contribution in [0, 0.1) is 34.6 Å². The summed E-state index contributed by atoms with van der Waals surface area (Å²) in [7, 11) is -3.57. The molecular formula is C27H38N4O4S2. The molecule has 10 heteroatoms. The molecule has 0 radical (unpaired) electrons. The summed E-state index contributed by atoms with van der Waals surface area (Å²) < 4.78 is 35.8. The van der Waals surface area contributed by atoms with Gasteiger partial charge in [-0.1, -0.05) is 6.07 Å². The highest BCUT2D eigenvalue weighted by molar-refractivity contribution is 7.89. The molecule has 0 bridgehead atoms. The number of hydrogen-bond donors (Lipinski definition) is 2. The molecule has 1 fully saturated rings. The molecule has 202 valence electrons. The van der Waals surface area contributed by atoms with Gasteiger partial charge in [0, 0.05) is 51.9 Å². The first-order valence-electron chi connectivity index (χ1n) is 12.7. The van der Waals surface area contributed by atoms with E-state index >= 15 is 0 Å². The van der Waals surface area contributed by atoms with Gasteiger partial charge in [-0.05, 0) is 69.0 Å². The smallest absolute Gasteiger partial charge is 0.241 e. The van der Waals surface area contributed by atoms with Crippen molar-refractivity contribution in [1.29, 1.82) is 0 Å². The van der Waals surface area contributed by atoms with Crippen molar-refractivity contribution in [1.82, 2.24) is 19.5 Å². The summed E-state index contributed by atoms with van der Waals surface area (Å²) >= 11 is 1.65. The molecule has 2 N–H and O–H groups in total. The van der Waals surface area contributed by atoms with E-state index in [1.54, 1.807) is 11.3 Å². The molecule has 37 heavy (non-hydrogen) atoms. The van der Waals surface area contributed by atoms with Crippen LogP contribution in [0.5, 0.6) is 5.75 Å². The fourth-order valence-corrected chi connectivity index (χ4v) is 7.28. The molecule has 4 rings (SSSR count). The number of nitrogens with zero attached hydrogens (tertiary/aromatic N) is 3. The predicted molar refractivity (Wildman–Crippen MR) is 149 cm³/mol. The van der Waals surface area contributed by atoms with Crippen molar-refractivity contribution in [3.63, 3.8) is 0 Å². The summed E-state index contributed by atoms with van der Waals surface area (Å²) in [5.74, 6) is 0.718. The number of fused-ring (bicyclic) bond motifs is 1. The maximum Gasteiger partial charge on any atom is 0.241 e. The van der Waals surface area contributed by atoms with Crippen LogP contribution in [-0.2, 0) is 10.0 Å². The summed E-state index contributed by atoms with van der Waals surface area (Å²) in [5, 5.41) is 11.5. The summed E-state index contributed by atoms with van der Waals surface area (Å²) in [4.78, 5) is 9.39. The molecule has 2 heterocycles. The van der Waals surface area contributed by atoms with Crippen LogP contribution >= 0.6 is 11.3 Å². The molecule has 1 unspecified atom stereocenters. The van der Waals surface area contributed by atoms with E-state index in [-0.39, 0.29) is 6.61 Å². The van der Waals surface area contributed by atoms with Crippen LogP contribution in [0.15, 0.2) is 29.2 Å². The summed E-state index contributed by atoms with van der Waals surface area (Å²) in [6, 6.07) is 7.88. The van der Waals surface area contributed by atoms with Gasteiger partial charge in [0.1, 0.15) is 18.5 Å². The quantitative estimate of drug-likeness (QED) is 0.403. The molecule has 1 saturated heterocycles. The lowest BCUT2D eigenvalue weighted by molar-refractivity contribution is 0.0465. The van der Waals surface area contributed by atoms with Crippen molar-refractivity contribution in [2.45, 2.75) is 45.6 Å². The van der Waals surface area contributed by atoms with E-state index in [1.807, 2.05) is 58.9 Å². The Bertz CT molecular complexity index is 1320. The summed E-state index contributed by atoms with van der Waals surface area (Å²) in [5.41, 5.74) is 4.52. The average Bonchev–Trinajstić information content (AvgIpc) is 3.22. The van der Waals surface area contributed by atoms with E-state index in [0.717, 1.165) is 69.4 Å². The van der Waals surface area contributed by atoms with Crippen LogP contribution in [0.4, 0.5) is 0 Å². The fourth-order valence-electron chi connectivity index (χ4n) is 4.84. The Kier molecular flexibility index (Phi) is 8.88. The van der Waals surface area contributed by atoms with Crippen LogP contribution in [0.1, 0.15) is 27.3 Å². The first kappa shape index (κ1) is 27.9. The highest BCUT2D eigenvalue weighted by Gasteiger charge is 2.23. The molecule has 3 aromatic rings. The van der Waals surface area contributed by atoms with Crippen molar-refractivity contribution in [2.24, 2.45) is 0 Å². The molecule has 8 nitrogen and oxygen atoms in total. The molecule has 0 spiro atoms. The van der Waals surface area contributed by atoms with Gasteiger partial charge in [0.05, 0.1) is 20.1 Å². The third kappa shape index (κ3) is 6.87. The number of aromatic nitrogens is 1. The van der Waals surface area contributed by atoms with Gasteiger partial charge in [-0.25, -0.2) is 18.1 Å². The minimum absolute atomic E-state index is 0.230. The van der Waals surface area contributed by atoms with Gasteiger partial charge < -0.3 is 9.84 Å². The number of ether oxygens (including phenoxy) is 1.